The minimum atomic E-state index is -4.70. The van der Waals surface area contributed by atoms with Crippen molar-refractivity contribution in [2.24, 2.45) is 0 Å². The minimum absolute atomic E-state index is 0.175. The molecule has 0 spiro atoms. The molecule has 0 aromatic heterocycles. The summed E-state index contributed by atoms with van der Waals surface area (Å²) in [7, 11) is 1.48. The van der Waals surface area contributed by atoms with Crippen molar-refractivity contribution >= 4 is 56.4 Å². The number of nitrogens with zero attached hydrogens (tertiary/aromatic N) is 2. The zero-order chi connectivity index (χ0) is 34.0. The van der Waals surface area contributed by atoms with Crippen molar-refractivity contribution in [3.8, 4) is 17.2 Å². The Morgan fingerprint density at radius 1 is 0.604 bits per heavy atom. The van der Waals surface area contributed by atoms with E-state index in [9.17, 15) is 33.0 Å². The van der Waals surface area contributed by atoms with Crippen LogP contribution in [0, 0.1) is 0 Å². The van der Waals surface area contributed by atoms with Gasteiger partial charge in [-0.25, -0.2) is 9.59 Å². The minimum Gasteiger partial charge on any atom is -0.506 e. The fourth-order valence-corrected chi connectivity index (χ4v) is 5.19. The first-order chi connectivity index (χ1) is 23.0. The normalized spacial score (nSPS) is 11.2. The highest BCUT2D eigenvalue weighted by atomic mass is 19.4. The Morgan fingerprint density at radius 2 is 1.06 bits per heavy atom. The summed E-state index contributed by atoms with van der Waals surface area (Å²) < 4.78 is 45.9. The summed E-state index contributed by atoms with van der Waals surface area (Å²) in [6.07, 6.45) is -4.70. The molecule has 6 rings (SSSR count). The van der Waals surface area contributed by atoms with E-state index in [-0.39, 0.29) is 22.7 Å². The Morgan fingerprint density at radius 3 is 1.52 bits per heavy atom. The number of fused-ring (bicyclic) bond motifs is 2. The number of methoxy groups -OCH3 is 1. The number of rotatable bonds is 5. The average Bonchev–Trinajstić information content (AvgIpc) is 3.07. The highest BCUT2D eigenvalue weighted by Crippen LogP contribution is 2.40. The number of anilines is 4. The summed E-state index contributed by atoms with van der Waals surface area (Å²) >= 11 is 0. The van der Waals surface area contributed by atoms with Gasteiger partial charge in [-0.05, 0) is 88.3 Å². The summed E-state index contributed by atoms with van der Waals surface area (Å²) in [5.74, 6) is -0.327. The number of hydrogen-bond acceptors (Lipinski definition) is 5. The van der Waals surface area contributed by atoms with Crippen LogP contribution >= 0.6 is 0 Å². The van der Waals surface area contributed by atoms with Gasteiger partial charge in [0.05, 0.1) is 12.7 Å². The van der Waals surface area contributed by atoms with Crippen LogP contribution < -0.4 is 25.4 Å². The molecule has 0 saturated heterocycles. The molecule has 6 aromatic rings. The molecule has 12 heteroatoms. The molecule has 0 atom stereocenters. The zero-order valence-corrected chi connectivity index (χ0v) is 25.2. The van der Waals surface area contributed by atoms with E-state index in [2.05, 4.69) is 10.6 Å². The Hall–Kier alpha value is -6.43. The number of halogens is 3. The van der Waals surface area contributed by atoms with Gasteiger partial charge in [-0.3, -0.25) is 0 Å². The summed E-state index contributed by atoms with van der Waals surface area (Å²) in [4.78, 5) is 28.6. The number of amides is 4. The molecule has 0 saturated carbocycles. The van der Waals surface area contributed by atoms with Crippen molar-refractivity contribution in [2.75, 3.05) is 27.8 Å². The summed E-state index contributed by atoms with van der Waals surface area (Å²) in [5, 5.41) is 31.7. The van der Waals surface area contributed by atoms with Crippen LogP contribution in [0.25, 0.3) is 21.5 Å². The molecule has 0 aliphatic rings. The van der Waals surface area contributed by atoms with Crippen LogP contribution in [0.1, 0.15) is 5.56 Å². The lowest BCUT2D eigenvalue weighted by Crippen LogP contribution is -2.54. The van der Waals surface area contributed by atoms with E-state index in [0.29, 0.717) is 27.3 Å². The van der Waals surface area contributed by atoms with E-state index in [0.717, 1.165) is 28.2 Å². The quantitative estimate of drug-likeness (QED) is 0.139. The number of alkyl halides is 3. The molecule has 9 nitrogen and oxygen atoms in total. The number of phenolic OH excluding ortho intramolecular Hbond substituents is 2. The number of carbonyl (C=O) groups is 2. The Bertz CT molecular complexity index is 2160. The SMILES string of the molecule is COc1ccc(NC(=O)N(c2cc3ccccc3cc2O)N(C(=O)Nc2cccc(C(F)(F)F)c2)c2cc3ccccc3cc2O)cc1. The third kappa shape index (κ3) is 6.44. The van der Waals surface area contributed by atoms with Crippen molar-refractivity contribution in [2.45, 2.75) is 6.18 Å². The second-order valence-electron chi connectivity index (χ2n) is 10.7. The number of phenols is 2. The van der Waals surface area contributed by atoms with Gasteiger partial charge in [0.25, 0.3) is 0 Å². The largest absolute Gasteiger partial charge is 0.506 e. The molecule has 6 aromatic carbocycles. The molecule has 4 N–H and O–H groups in total. The van der Waals surface area contributed by atoms with Crippen LogP contribution in [-0.2, 0) is 6.18 Å². The molecule has 242 valence electrons. The van der Waals surface area contributed by atoms with E-state index in [1.165, 1.54) is 37.4 Å². The van der Waals surface area contributed by atoms with Gasteiger partial charge in [0, 0.05) is 11.4 Å². The molecule has 0 radical (unpaired) electrons. The number of hydrogen-bond donors (Lipinski definition) is 4. The Balaban J connectivity index is 1.55. The lowest BCUT2D eigenvalue weighted by Gasteiger charge is -2.35. The third-order valence-corrected chi connectivity index (χ3v) is 7.51. The second kappa shape index (κ2) is 12.8. The molecule has 0 unspecified atom stereocenters. The van der Waals surface area contributed by atoms with E-state index in [1.807, 2.05) is 0 Å². The number of ether oxygens (including phenoxy) is 1. The molecule has 48 heavy (non-hydrogen) atoms. The highest BCUT2D eigenvalue weighted by Gasteiger charge is 2.35. The fraction of sp³-hybridized carbons (Fsp3) is 0.0556. The molecule has 0 aliphatic heterocycles. The van der Waals surface area contributed by atoms with Gasteiger partial charge in [0.15, 0.2) is 0 Å². The van der Waals surface area contributed by atoms with Gasteiger partial charge in [-0.2, -0.15) is 23.2 Å². The molecule has 4 amide bonds. The topological polar surface area (TPSA) is 114 Å². The van der Waals surface area contributed by atoms with Crippen molar-refractivity contribution in [1.29, 1.82) is 0 Å². The van der Waals surface area contributed by atoms with Crippen LogP contribution in [0.3, 0.4) is 0 Å². The van der Waals surface area contributed by atoms with Crippen LogP contribution in [0.5, 0.6) is 17.2 Å². The predicted molar refractivity (Wildman–Crippen MR) is 179 cm³/mol. The predicted octanol–water partition coefficient (Wildman–Crippen LogP) is 9.12. The highest BCUT2D eigenvalue weighted by molar-refractivity contribution is 6.15. The fourth-order valence-electron chi connectivity index (χ4n) is 5.19. The van der Waals surface area contributed by atoms with Gasteiger partial charge in [-0.1, -0.05) is 54.6 Å². The van der Waals surface area contributed by atoms with Gasteiger partial charge >= 0.3 is 18.2 Å². The molecular formula is C36H27F3N4O5. The Kier molecular flexibility index (Phi) is 8.38. The molecule has 0 aliphatic carbocycles. The number of benzene rings is 6. The van der Waals surface area contributed by atoms with E-state index < -0.39 is 35.3 Å². The van der Waals surface area contributed by atoms with Gasteiger partial charge in [0.1, 0.15) is 28.6 Å². The summed E-state index contributed by atoms with van der Waals surface area (Å²) in [6.45, 7) is 0. The molecule has 0 heterocycles. The lowest BCUT2D eigenvalue weighted by atomic mass is 10.1. The zero-order valence-electron chi connectivity index (χ0n) is 25.2. The van der Waals surface area contributed by atoms with Gasteiger partial charge < -0.3 is 25.6 Å². The first-order valence-electron chi connectivity index (χ1n) is 14.5. The number of hydrazine groups is 1. The van der Waals surface area contributed by atoms with Crippen LogP contribution in [-0.4, -0.2) is 29.4 Å². The number of carbonyl (C=O) groups excluding carboxylic acids is 2. The summed E-state index contributed by atoms with van der Waals surface area (Å²) in [5.41, 5.74) is -1.35. The molecule has 0 fully saturated rings. The van der Waals surface area contributed by atoms with Crippen molar-refractivity contribution in [3.05, 3.63) is 127 Å². The van der Waals surface area contributed by atoms with Crippen molar-refractivity contribution in [3.63, 3.8) is 0 Å². The van der Waals surface area contributed by atoms with Gasteiger partial charge in [-0.15, -0.1) is 0 Å². The maximum atomic E-state index is 14.3. The van der Waals surface area contributed by atoms with Crippen LogP contribution in [0.4, 0.5) is 45.5 Å². The first-order valence-corrected chi connectivity index (χ1v) is 14.5. The lowest BCUT2D eigenvalue weighted by molar-refractivity contribution is -0.137. The number of nitrogens with one attached hydrogen (secondary N) is 2. The molecule has 0 bridgehead atoms. The maximum Gasteiger partial charge on any atom is 0.416 e. The third-order valence-electron chi connectivity index (χ3n) is 7.51. The maximum absolute atomic E-state index is 14.3. The monoisotopic (exact) mass is 652 g/mol. The number of urea groups is 2. The van der Waals surface area contributed by atoms with E-state index >= 15 is 0 Å². The van der Waals surface area contributed by atoms with E-state index in [4.69, 9.17) is 4.74 Å². The second-order valence-corrected chi connectivity index (χ2v) is 10.7. The first kappa shape index (κ1) is 31.5. The van der Waals surface area contributed by atoms with Crippen molar-refractivity contribution in [1.82, 2.24) is 0 Å². The smallest absolute Gasteiger partial charge is 0.416 e. The van der Waals surface area contributed by atoms with Crippen LogP contribution in [0.15, 0.2) is 121 Å². The van der Waals surface area contributed by atoms with Crippen molar-refractivity contribution < 1.29 is 37.7 Å². The molecular weight excluding hydrogens is 625 g/mol. The van der Waals surface area contributed by atoms with E-state index in [1.54, 1.807) is 72.8 Å². The van der Waals surface area contributed by atoms with Crippen LogP contribution in [0.2, 0.25) is 0 Å². The standard InChI is InChI=1S/C36H27F3N4O5/c1-48-29-15-13-27(14-16-29)40-34(46)42(30-17-22-7-2-4-9-24(22)19-32(30)44)43(31-18-23-8-3-5-10-25(23)20-33(31)45)35(47)41-28-12-6-11-26(21-28)36(37,38)39/h2-21,44-45H,1H3,(H,40,46)(H,41,47). The van der Waals surface area contributed by atoms with Gasteiger partial charge in [0.2, 0.25) is 0 Å². The summed E-state index contributed by atoms with van der Waals surface area (Å²) in [6, 6.07) is 27.8. The number of aromatic hydroxyl groups is 2. The average molecular weight is 653 g/mol. The Labute approximate surface area is 272 Å².